The lowest BCUT2D eigenvalue weighted by Gasteiger charge is -2.09. The maximum absolute atomic E-state index is 12.1. The van der Waals surface area contributed by atoms with Crippen LogP contribution in [-0.4, -0.2) is 42.0 Å². The number of nitrogens with one attached hydrogen (secondary N) is 3. The Labute approximate surface area is 129 Å². The second kappa shape index (κ2) is 7.63. The number of aryl methyl sites for hydroxylation is 1. The van der Waals surface area contributed by atoms with E-state index in [9.17, 15) is 14.4 Å². The Balaban J connectivity index is 2.81. The fourth-order valence-corrected chi connectivity index (χ4v) is 2.11. The minimum atomic E-state index is -0.467. The highest BCUT2D eigenvalue weighted by molar-refractivity contribution is 6.01. The molecule has 0 atom stereocenters. The molecule has 7 heteroatoms. The molecule has 0 aromatic carbocycles. The number of aromatic amines is 1. The minimum absolute atomic E-state index is 0.00860. The summed E-state index contributed by atoms with van der Waals surface area (Å²) in [5, 5.41) is 5.20. The van der Waals surface area contributed by atoms with Crippen LogP contribution in [0.1, 0.15) is 52.9 Å². The molecule has 0 bridgehead atoms. The maximum Gasteiger partial charge on any atom is 0.340 e. The molecule has 7 nitrogen and oxygen atoms in total. The van der Waals surface area contributed by atoms with Gasteiger partial charge in [0, 0.05) is 11.7 Å². The second-order valence-electron chi connectivity index (χ2n) is 5.25. The average molecular weight is 309 g/mol. The maximum atomic E-state index is 12.1. The summed E-state index contributed by atoms with van der Waals surface area (Å²) in [7, 11) is 0. The zero-order valence-electron chi connectivity index (χ0n) is 13.6. The zero-order chi connectivity index (χ0) is 16.9. The number of H-pyrrole nitrogens is 1. The van der Waals surface area contributed by atoms with Gasteiger partial charge in [-0.25, -0.2) is 4.79 Å². The Morgan fingerprint density at radius 2 is 1.86 bits per heavy atom. The van der Waals surface area contributed by atoms with Gasteiger partial charge in [0.15, 0.2) is 0 Å². The lowest BCUT2D eigenvalue weighted by Crippen LogP contribution is -2.40. The van der Waals surface area contributed by atoms with Gasteiger partial charge >= 0.3 is 5.97 Å². The molecule has 1 aromatic rings. The van der Waals surface area contributed by atoms with E-state index in [-0.39, 0.29) is 30.8 Å². The van der Waals surface area contributed by atoms with Crippen molar-refractivity contribution in [1.29, 1.82) is 0 Å². The highest BCUT2D eigenvalue weighted by Crippen LogP contribution is 2.18. The van der Waals surface area contributed by atoms with Crippen LogP contribution < -0.4 is 10.6 Å². The Bertz CT molecular complexity index is 576. The van der Waals surface area contributed by atoms with Crippen molar-refractivity contribution < 1.29 is 19.1 Å². The van der Waals surface area contributed by atoms with Gasteiger partial charge in [0.2, 0.25) is 5.91 Å². The van der Waals surface area contributed by atoms with Crippen molar-refractivity contribution in [3.05, 3.63) is 22.5 Å². The van der Waals surface area contributed by atoms with Crippen molar-refractivity contribution >= 4 is 17.8 Å². The predicted octanol–water partition coefficient (Wildman–Crippen LogP) is 1.06. The first-order chi connectivity index (χ1) is 10.3. The molecule has 0 radical (unpaired) electrons. The fraction of sp³-hybridized carbons (Fsp3) is 0.533. The van der Waals surface area contributed by atoms with Gasteiger partial charge in [-0.15, -0.1) is 0 Å². The van der Waals surface area contributed by atoms with Crippen molar-refractivity contribution in [3.8, 4) is 0 Å². The second-order valence-corrected chi connectivity index (χ2v) is 5.25. The molecule has 0 unspecified atom stereocenters. The summed E-state index contributed by atoms with van der Waals surface area (Å²) >= 11 is 0. The van der Waals surface area contributed by atoms with Crippen molar-refractivity contribution in [3.63, 3.8) is 0 Å². The molecule has 0 fully saturated rings. The topological polar surface area (TPSA) is 100 Å². The molecule has 0 saturated carbocycles. The van der Waals surface area contributed by atoms with Crippen molar-refractivity contribution in [2.24, 2.45) is 0 Å². The van der Waals surface area contributed by atoms with Crippen LogP contribution in [0, 0.1) is 13.8 Å². The van der Waals surface area contributed by atoms with E-state index in [0.29, 0.717) is 16.8 Å². The van der Waals surface area contributed by atoms with Gasteiger partial charge < -0.3 is 20.4 Å². The molecule has 122 valence electrons. The van der Waals surface area contributed by atoms with Crippen LogP contribution in [-0.2, 0) is 9.53 Å². The SMILES string of the molecule is CCOC(=O)c1c(C)[nH]c(C(=O)NCC(=O)NC(C)C)c1C. The number of aromatic nitrogens is 1. The van der Waals surface area contributed by atoms with E-state index in [1.54, 1.807) is 20.8 Å². The highest BCUT2D eigenvalue weighted by Gasteiger charge is 2.22. The van der Waals surface area contributed by atoms with E-state index in [2.05, 4.69) is 15.6 Å². The first kappa shape index (κ1) is 17.7. The Hall–Kier alpha value is -2.31. The smallest absolute Gasteiger partial charge is 0.340 e. The molecule has 3 N–H and O–H groups in total. The van der Waals surface area contributed by atoms with Crippen molar-refractivity contribution in [2.75, 3.05) is 13.2 Å². The Morgan fingerprint density at radius 1 is 1.23 bits per heavy atom. The number of hydrogen-bond donors (Lipinski definition) is 3. The number of carbonyl (C=O) groups excluding carboxylic acids is 3. The molecule has 1 rings (SSSR count). The molecule has 0 aliphatic carbocycles. The molecule has 0 spiro atoms. The van der Waals surface area contributed by atoms with Crippen LogP contribution in [0.5, 0.6) is 0 Å². The van der Waals surface area contributed by atoms with Crippen molar-refractivity contribution in [1.82, 2.24) is 15.6 Å². The average Bonchev–Trinajstić information content (AvgIpc) is 2.71. The lowest BCUT2D eigenvalue weighted by atomic mass is 10.1. The van der Waals surface area contributed by atoms with Gasteiger partial charge in [-0.3, -0.25) is 9.59 Å². The molecular formula is C15H23N3O4. The number of hydrogen-bond acceptors (Lipinski definition) is 4. The van der Waals surface area contributed by atoms with Crippen molar-refractivity contribution in [2.45, 2.75) is 40.7 Å². The van der Waals surface area contributed by atoms with Crippen LogP contribution in [0.3, 0.4) is 0 Å². The number of ether oxygens (including phenoxy) is 1. The summed E-state index contributed by atoms with van der Waals surface area (Å²) in [4.78, 5) is 38.4. The summed E-state index contributed by atoms with van der Waals surface area (Å²) in [5.41, 5.74) is 1.70. The number of esters is 1. The van der Waals surface area contributed by atoms with Gasteiger partial charge in [0.1, 0.15) is 5.69 Å². The monoisotopic (exact) mass is 309 g/mol. The summed E-state index contributed by atoms with van der Waals surface area (Å²) in [6.45, 7) is 8.90. The van der Waals surface area contributed by atoms with Crippen LogP contribution in [0.25, 0.3) is 0 Å². The summed E-state index contributed by atoms with van der Waals surface area (Å²) in [5.74, 6) is -1.17. The van der Waals surface area contributed by atoms with Gasteiger partial charge in [-0.1, -0.05) is 0 Å². The van der Waals surface area contributed by atoms with E-state index in [0.717, 1.165) is 0 Å². The summed E-state index contributed by atoms with van der Waals surface area (Å²) in [6.07, 6.45) is 0. The number of amides is 2. The fourth-order valence-electron chi connectivity index (χ4n) is 2.11. The number of rotatable bonds is 6. The highest BCUT2D eigenvalue weighted by atomic mass is 16.5. The first-order valence-corrected chi connectivity index (χ1v) is 7.21. The third-order valence-electron chi connectivity index (χ3n) is 3.00. The van der Waals surface area contributed by atoms with Gasteiger partial charge in [0.05, 0.1) is 18.7 Å². The molecule has 2 amide bonds. The van der Waals surface area contributed by atoms with Crippen LogP contribution in [0.4, 0.5) is 0 Å². The first-order valence-electron chi connectivity index (χ1n) is 7.21. The van der Waals surface area contributed by atoms with E-state index >= 15 is 0 Å². The summed E-state index contributed by atoms with van der Waals surface area (Å²) in [6, 6.07) is 0.00860. The van der Waals surface area contributed by atoms with Gasteiger partial charge in [-0.2, -0.15) is 0 Å². The molecule has 0 saturated heterocycles. The number of carbonyl (C=O) groups is 3. The lowest BCUT2D eigenvalue weighted by molar-refractivity contribution is -0.120. The Kier molecular flexibility index (Phi) is 6.15. The molecule has 22 heavy (non-hydrogen) atoms. The summed E-state index contributed by atoms with van der Waals surface area (Å²) < 4.78 is 4.97. The predicted molar refractivity (Wildman–Crippen MR) is 81.8 cm³/mol. The molecule has 0 aliphatic heterocycles. The van der Waals surface area contributed by atoms with Crippen LogP contribution in [0.2, 0.25) is 0 Å². The zero-order valence-corrected chi connectivity index (χ0v) is 13.6. The van der Waals surface area contributed by atoms with E-state index in [4.69, 9.17) is 4.74 Å². The standard InChI is InChI=1S/C15H23N3O4/c1-6-22-15(21)12-9(4)13(18-10(12)5)14(20)16-7-11(19)17-8(2)3/h8,18H,6-7H2,1-5H3,(H,16,20)(H,17,19). The van der Waals surface area contributed by atoms with Crippen LogP contribution >= 0.6 is 0 Å². The van der Waals surface area contributed by atoms with Gasteiger partial charge in [-0.05, 0) is 40.2 Å². The van der Waals surface area contributed by atoms with E-state index in [1.165, 1.54) is 0 Å². The minimum Gasteiger partial charge on any atom is -0.462 e. The van der Waals surface area contributed by atoms with E-state index in [1.807, 2.05) is 13.8 Å². The third kappa shape index (κ3) is 4.34. The van der Waals surface area contributed by atoms with Gasteiger partial charge in [0.25, 0.3) is 5.91 Å². The molecule has 0 aliphatic rings. The molecular weight excluding hydrogens is 286 g/mol. The normalized spacial score (nSPS) is 10.5. The van der Waals surface area contributed by atoms with E-state index < -0.39 is 11.9 Å². The molecule has 1 aromatic heterocycles. The Morgan fingerprint density at radius 3 is 2.41 bits per heavy atom. The molecule has 1 heterocycles. The quantitative estimate of drug-likeness (QED) is 0.684. The third-order valence-corrected chi connectivity index (χ3v) is 3.00. The van der Waals surface area contributed by atoms with Crippen LogP contribution in [0.15, 0.2) is 0 Å². The largest absolute Gasteiger partial charge is 0.462 e.